The van der Waals surface area contributed by atoms with E-state index in [0.29, 0.717) is 12.0 Å². The van der Waals surface area contributed by atoms with Gasteiger partial charge in [-0.05, 0) is 46.6 Å². The summed E-state index contributed by atoms with van der Waals surface area (Å²) in [5, 5.41) is 3.64. The van der Waals surface area contributed by atoms with E-state index in [9.17, 15) is 0 Å². The van der Waals surface area contributed by atoms with E-state index in [1.54, 1.807) is 0 Å². The molecule has 1 N–H and O–H groups in total. The molecule has 0 bridgehead atoms. The van der Waals surface area contributed by atoms with Crippen LogP contribution in [0.4, 0.5) is 0 Å². The second-order valence-corrected chi connectivity index (χ2v) is 7.43. The predicted octanol–water partition coefficient (Wildman–Crippen LogP) is 5.27. The van der Waals surface area contributed by atoms with Crippen molar-refractivity contribution in [3.8, 4) is 0 Å². The van der Waals surface area contributed by atoms with E-state index in [0.717, 1.165) is 6.54 Å². The molecule has 1 aromatic heterocycles. The lowest BCUT2D eigenvalue weighted by Gasteiger charge is -2.25. The first-order valence-electron chi connectivity index (χ1n) is 6.67. The first kappa shape index (κ1) is 14.8. The van der Waals surface area contributed by atoms with Gasteiger partial charge in [-0.25, -0.2) is 0 Å². The summed E-state index contributed by atoms with van der Waals surface area (Å²) < 4.78 is 1.21. The zero-order valence-corrected chi connectivity index (χ0v) is 14.0. The minimum atomic E-state index is 0.370. The Morgan fingerprint density at radius 1 is 1.26 bits per heavy atom. The normalized spacial score (nSPS) is 14.3. The maximum absolute atomic E-state index is 3.64. The van der Waals surface area contributed by atoms with Crippen molar-refractivity contribution in [3.63, 3.8) is 0 Å². The number of rotatable bonds is 5. The molecule has 2 aromatic rings. The first-order chi connectivity index (χ1) is 9.13. The molecule has 0 aliphatic rings. The Labute approximate surface area is 128 Å². The largest absolute Gasteiger partial charge is 0.310 e. The molecule has 1 nitrogen and oxygen atoms in total. The summed E-state index contributed by atoms with van der Waals surface area (Å²) >= 11 is 5.41. The maximum Gasteiger partial charge on any atom is 0.0704 e. The molecule has 0 aliphatic heterocycles. The van der Waals surface area contributed by atoms with Gasteiger partial charge in [-0.2, -0.15) is 0 Å². The van der Waals surface area contributed by atoms with E-state index in [1.165, 1.54) is 19.8 Å². The second-order valence-electron chi connectivity index (χ2n) is 4.80. The summed E-state index contributed by atoms with van der Waals surface area (Å²) in [6.07, 6.45) is 0. The monoisotopic (exact) mass is 337 g/mol. The standard InChI is InChI=1S/C16H20BrNS/c1-4-18-16(14-10-15(17)19-12(14)3)11(2)13-8-6-5-7-9-13/h5-11,16,18H,4H2,1-3H3. The zero-order valence-electron chi connectivity index (χ0n) is 11.6. The molecule has 1 aromatic carbocycles. The van der Waals surface area contributed by atoms with Crippen molar-refractivity contribution in [3.05, 3.63) is 56.2 Å². The van der Waals surface area contributed by atoms with E-state index in [1.807, 2.05) is 11.3 Å². The molecule has 0 saturated carbocycles. The van der Waals surface area contributed by atoms with Gasteiger partial charge in [0.25, 0.3) is 0 Å². The number of aryl methyl sites for hydroxylation is 1. The van der Waals surface area contributed by atoms with Gasteiger partial charge in [0.05, 0.1) is 3.79 Å². The van der Waals surface area contributed by atoms with Crippen molar-refractivity contribution in [1.82, 2.24) is 5.32 Å². The Morgan fingerprint density at radius 2 is 1.95 bits per heavy atom. The molecule has 102 valence electrons. The summed E-state index contributed by atoms with van der Waals surface area (Å²) in [6, 6.07) is 13.4. The van der Waals surface area contributed by atoms with Crippen LogP contribution in [-0.2, 0) is 0 Å². The highest BCUT2D eigenvalue weighted by atomic mass is 79.9. The fraction of sp³-hybridized carbons (Fsp3) is 0.375. The molecule has 1 heterocycles. The molecule has 0 spiro atoms. The van der Waals surface area contributed by atoms with Crippen molar-refractivity contribution in [2.24, 2.45) is 0 Å². The van der Waals surface area contributed by atoms with Gasteiger partial charge in [0.15, 0.2) is 0 Å². The lowest BCUT2D eigenvalue weighted by atomic mass is 9.89. The van der Waals surface area contributed by atoms with Crippen LogP contribution in [-0.4, -0.2) is 6.54 Å². The van der Waals surface area contributed by atoms with Crippen LogP contribution >= 0.6 is 27.3 Å². The molecule has 0 aliphatic carbocycles. The third-order valence-corrected chi connectivity index (χ3v) is 5.08. The summed E-state index contributed by atoms with van der Waals surface area (Å²) in [5.41, 5.74) is 2.80. The van der Waals surface area contributed by atoms with Crippen molar-refractivity contribution in [2.75, 3.05) is 6.54 Å². The van der Waals surface area contributed by atoms with Crippen molar-refractivity contribution in [1.29, 1.82) is 0 Å². The third kappa shape index (κ3) is 3.47. The van der Waals surface area contributed by atoms with Crippen LogP contribution in [0.15, 0.2) is 40.2 Å². The Hall–Kier alpha value is -0.640. The van der Waals surface area contributed by atoms with Crippen molar-refractivity contribution in [2.45, 2.75) is 32.7 Å². The smallest absolute Gasteiger partial charge is 0.0704 e. The minimum Gasteiger partial charge on any atom is -0.310 e. The lowest BCUT2D eigenvalue weighted by molar-refractivity contribution is 0.479. The van der Waals surface area contributed by atoms with Crippen LogP contribution in [0, 0.1) is 6.92 Å². The van der Waals surface area contributed by atoms with E-state index in [2.05, 4.69) is 78.4 Å². The van der Waals surface area contributed by atoms with Gasteiger partial charge >= 0.3 is 0 Å². The Balaban J connectivity index is 2.32. The van der Waals surface area contributed by atoms with E-state index >= 15 is 0 Å². The number of benzene rings is 1. The summed E-state index contributed by atoms with van der Waals surface area (Å²) in [7, 11) is 0. The van der Waals surface area contributed by atoms with Crippen LogP contribution < -0.4 is 5.32 Å². The summed E-state index contributed by atoms with van der Waals surface area (Å²) in [4.78, 5) is 1.39. The van der Waals surface area contributed by atoms with Crippen LogP contribution in [0.2, 0.25) is 0 Å². The Kier molecular flexibility index (Phi) is 5.20. The van der Waals surface area contributed by atoms with Gasteiger partial charge in [-0.15, -0.1) is 11.3 Å². The second kappa shape index (κ2) is 6.69. The topological polar surface area (TPSA) is 12.0 Å². The average molecular weight is 338 g/mol. The molecule has 3 heteroatoms. The average Bonchev–Trinajstić information content (AvgIpc) is 2.75. The quantitative estimate of drug-likeness (QED) is 0.783. The predicted molar refractivity (Wildman–Crippen MR) is 88.0 cm³/mol. The lowest BCUT2D eigenvalue weighted by Crippen LogP contribution is -2.25. The molecule has 2 rings (SSSR count). The molecular formula is C16H20BrNS. The van der Waals surface area contributed by atoms with Gasteiger partial charge in [0.2, 0.25) is 0 Å². The van der Waals surface area contributed by atoms with Crippen LogP contribution in [0.25, 0.3) is 0 Å². The van der Waals surface area contributed by atoms with Gasteiger partial charge in [0, 0.05) is 16.8 Å². The highest BCUT2D eigenvalue weighted by Gasteiger charge is 2.22. The Bertz CT molecular complexity index is 521. The molecule has 2 atom stereocenters. The molecule has 2 unspecified atom stereocenters. The number of hydrogen-bond donors (Lipinski definition) is 1. The van der Waals surface area contributed by atoms with E-state index in [-0.39, 0.29) is 0 Å². The summed E-state index contributed by atoms with van der Waals surface area (Å²) in [5.74, 6) is 0.460. The SMILES string of the molecule is CCNC(c1cc(Br)sc1C)C(C)c1ccccc1. The minimum absolute atomic E-state index is 0.370. The number of hydrogen-bond acceptors (Lipinski definition) is 2. The number of nitrogens with one attached hydrogen (secondary N) is 1. The Morgan fingerprint density at radius 3 is 2.47 bits per heavy atom. The van der Waals surface area contributed by atoms with Crippen molar-refractivity contribution >= 4 is 27.3 Å². The highest BCUT2D eigenvalue weighted by Crippen LogP contribution is 2.37. The van der Waals surface area contributed by atoms with E-state index < -0.39 is 0 Å². The third-order valence-electron chi connectivity index (χ3n) is 3.51. The molecular weight excluding hydrogens is 318 g/mol. The zero-order chi connectivity index (χ0) is 13.8. The fourth-order valence-electron chi connectivity index (χ4n) is 2.49. The number of likely N-dealkylation sites (N-methyl/N-ethyl adjacent to an activating group) is 1. The van der Waals surface area contributed by atoms with Gasteiger partial charge in [-0.1, -0.05) is 44.2 Å². The van der Waals surface area contributed by atoms with Crippen LogP contribution in [0.5, 0.6) is 0 Å². The molecule has 0 amide bonds. The molecule has 0 radical (unpaired) electrons. The number of thiophene rings is 1. The van der Waals surface area contributed by atoms with Crippen LogP contribution in [0.1, 0.15) is 41.8 Å². The van der Waals surface area contributed by atoms with E-state index in [4.69, 9.17) is 0 Å². The maximum atomic E-state index is 3.64. The van der Waals surface area contributed by atoms with Gasteiger partial charge in [-0.3, -0.25) is 0 Å². The van der Waals surface area contributed by atoms with Gasteiger partial charge < -0.3 is 5.32 Å². The van der Waals surface area contributed by atoms with Crippen molar-refractivity contribution < 1.29 is 0 Å². The fourth-order valence-corrected chi connectivity index (χ4v) is 4.25. The molecule has 0 fully saturated rings. The number of halogens is 1. The first-order valence-corrected chi connectivity index (χ1v) is 8.28. The molecule has 0 saturated heterocycles. The summed E-state index contributed by atoms with van der Waals surface area (Å²) in [6.45, 7) is 7.65. The molecule has 19 heavy (non-hydrogen) atoms. The van der Waals surface area contributed by atoms with Crippen LogP contribution in [0.3, 0.4) is 0 Å². The highest BCUT2D eigenvalue weighted by molar-refractivity contribution is 9.11. The van der Waals surface area contributed by atoms with Gasteiger partial charge in [0.1, 0.15) is 0 Å².